The minimum atomic E-state index is -0.865. The molecule has 4 atom stereocenters. The van der Waals surface area contributed by atoms with E-state index in [1.54, 1.807) is 6.08 Å². The van der Waals surface area contributed by atoms with Crippen molar-refractivity contribution in [2.24, 2.45) is 23.7 Å². The SMILES string of the molecule is C=CCNC(=O)[C@H]1[C@@H](C(=O)O)[C@H]2C=C[C@@H]1C2. The summed E-state index contributed by atoms with van der Waals surface area (Å²) in [6.45, 7) is 3.91. The van der Waals surface area contributed by atoms with Crippen molar-refractivity contribution in [1.29, 1.82) is 0 Å². The van der Waals surface area contributed by atoms with Gasteiger partial charge in [-0.05, 0) is 18.3 Å². The van der Waals surface area contributed by atoms with E-state index in [4.69, 9.17) is 5.11 Å². The van der Waals surface area contributed by atoms with Gasteiger partial charge in [-0.2, -0.15) is 0 Å². The minimum Gasteiger partial charge on any atom is -0.481 e. The third-order valence-corrected chi connectivity index (χ3v) is 3.47. The summed E-state index contributed by atoms with van der Waals surface area (Å²) >= 11 is 0. The molecule has 1 amide bonds. The Morgan fingerprint density at radius 2 is 2.00 bits per heavy atom. The van der Waals surface area contributed by atoms with Gasteiger partial charge >= 0.3 is 5.97 Å². The van der Waals surface area contributed by atoms with Crippen LogP contribution >= 0.6 is 0 Å². The van der Waals surface area contributed by atoms with Gasteiger partial charge in [0.1, 0.15) is 0 Å². The average molecular weight is 221 g/mol. The molecular weight excluding hydrogens is 206 g/mol. The van der Waals surface area contributed by atoms with Gasteiger partial charge in [-0.15, -0.1) is 6.58 Å². The van der Waals surface area contributed by atoms with Crippen LogP contribution in [0.4, 0.5) is 0 Å². The summed E-state index contributed by atoms with van der Waals surface area (Å²) < 4.78 is 0. The maximum atomic E-state index is 11.9. The molecule has 0 aromatic carbocycles. The minimum absolute atomic E-state index is 0.0296. The van der Waals surface area contributed by atoms with Crippen LogP contribution in [0.15, 0.2) is 24.8 Å². The van der Waals surface area contributed by atoms with E-state index in [0.29, 0.717) is 6.54 Å². The average Bonchev–Trinajstić information content (AvgIpc) is 2.84. The van der Waals surface area contributed by atoms with Crippen molar-refractivity contribution in [2.45, 2.75) is 6.42 Å². The van der Waals surface area contributed by atoms with Crippen LogP contribution in [0.5, 0.6) is 0 Å². The number of hydrogen-bond donors (Lipinski definition) is 2. The van der Waals surface area contributed by atoms with Crippen LogP contribution in [-0.2, 0) is 9.59 Å². The molecule has 0 aromatic heterocycles. The quantitative estimate of drug-likeness (QED) is 0.690. The fraction of sp³-hybridized carbons (Fsp3) is 0.500. The molecular formula is C12H15NO3. The number of carbonyl (C=O) groups is 2. The normalized spacial score (nSPS) is 35.0. The monoisotopic (exact) mass is 221 g/mol. The predicted molar refractivity (Wildman–Crippen MR) is 58.6 cm³/mol. The molecule has 16 heavy (non-hydrogen) atoms. The summed E-state index contributed by atoms with van der Waals surface area (Å²) in [4.78, 5) is 23.0. The van der Waals surface area contributed by atoms with Crippen molar-refractivity contribution in [3.05, 3.63) is 24.8 Å². The maximum Gasteiger partial charge on any atom is 0.307 e. The number of hydrogen-bond acceptors (Lipinski definition) is 2. The molecule has 4 heteroatoms. The summed E-state index contributed by atoms with van der Waals surface area (Å²) in [7, 11) is 0. The Labute approximate surface area is 94.0 Å². The van der Waals surface area contributed by atoms with Crippen molar-refractivity contribution in [3.8, 4) is 0 Å². The largest absolute Gasteiger partial charge is 0.481 e. The molecule has 0 saturated heterocycles. The van der Waals surface area contributed by atoms with E-state index in [0.717, 1.165) is 6.42 Å². The van der Waals surface area contributed by atoms with E-state index in [1.807, 2.05) is 12.2 Å². The summed E-state index contributed by atoms with van der Waals surface area (Å²) in [5, 5.41) is 11.8. The highest BCUT2D eigenvalue weighted by Gasteiger charge is 2.51. The molecule has 1 saturated carbocycles. The Hall–Kier alpha value is -1.58. The van der Waals surface area contributed by atoms with Crippen LogP contribution in [0.25, 0.3) is 0 Å². The molecule has 0 aliphatic heterocycles. The number of allylic oxidation sites excluding steroid dienone is 2. The number of rotatable bonds is 4. The van der Waals surface area contributed by atoms with Crippen molar-refractivity contribution in [3.63, 3.8) is 0 Å². The molecule has 1 fully saturated rings. The smallest absolute Gasteiger partial charge is 0.307 e. The lowest BCUT2D eigenvalue weighted by Crippen LogP contribution is -2.40. The number of aliphatic carboxylic acids is 1. The van der Waals surface area contributed by atoms with E-state index in [9.17, 15) is 9.59 Å². The number of nitrogens with one attached hydrogen (secondary N) is 1. The number of carbonyl (C=O) groups excluding carboxylic acids is 1. The maximum absolute atomic E-state index is 11.9. The fourth-order valence-electron chi connectivity index (χ4n) is 2.81. The fourth-order valence-corrected chi connectivity index (χ4v) is 2.81. The molecule has 2 aliphatic carbocycles. The summed E-state index contributed by atoms with van der Waals surface area (Å²) in [5.41, 5.74) is 0. The molecule has 0 aromatic rings. The van der Waals surface area contributed by atoms with E-state index < -0.39 is 17.8 Å². The third kappa shape index (κ3) is 1.64. The van der Waals surface area contributed by atoms with Crippen LogP contribution < -0.4 is 5.32 Å². The molecule has 86 valence electrons. The number of fused-ring (bicyclic) bond motifs is 2. The lowest BCUT2D eigenvalue weighted by molar-refractivity contribution is -0.147. The van der Waals surface area contributed by atoms with Crippen molar-refractivity contribution >= 4 is 11.9 Å². The predicted octanol–water partition coefficient (Wildman–Crippen LogP) is 0.811. The standard InChI is InChI=1S/C12H15NO3/c1-2-5-13-11(14)9-7-3-4-8(6-7)10(9)12(15)16/h2-4,7-10H,1,5-6H2,(H,13,14)(H,15,16)/t7-,8+,9-,10+/m1/s1. The van der Waals surface area contributed by atoms with Gasteiger partial charge in [-0.25, -0.2) is 0 Å². The summed E-state index contributed by atoms with van der Waals surface area (Å²) in [6.07, 6.45) is 6.29. The molecule has 4 nitrogen and oxygen atoms in total. The second kappa shape index (κ2) is 4.12. The van der Waals surface area contributed by atoms with Gasteiger partial charge in [-0.1, -0.05) is 18.2 Å². The first-order valence-electron chi connectivity index (χ1n) is 5.45. The highest BCUT2D eigenvalue weighted by atomic mass is 16.4. The zero-order valence-corrected chi connectivity index (χ0v) is 8.93. The molecule has 2 bridgehead atoms. The van der Waals surface area contributed by atoms with Gasteiger partial charge in [0.25, 0.3) is 0 Å². The van der Waals surface area contributed by atoms with Crippen LogP contribution in [0.2, 0.25) is 0 Å². The second-order valence-corrected chi connectivity index (χ2v) is 4.37. The molecule has 2 N–H and O–H groups in total. The van der Waals surface area contributed by atoms with E-state index in [2.05, 4.69) is 11.9 Å². The van der Waals surface area contributed by atoms with Crippen LogP contribution in [-0.4, -0.2) is 23.5 Å². The first-order valence-corrected chi connectivity index (χ1v) is 5.45. The second-order valence-electron chi connectivity index (χ2n) is 4.37. The van der Waals surface area contributed by atoms with Gasteiger partial charge in [0, 0.05) is 6.54 Å². The van der Waals surface area contributed by atoms with Gasteiger partial charge in [0.15, 0.2) is 0 Å². The highest BCUT2D eigenvalue weighted by molar-refractivity contribution is 5.86. The lowest BCUT2D eigenvalue weighted by atomic mass is 9.82. The Balaban J connectivity index is 2.13. The van der Waals surface area contributed by atoms with Crippen molar-refractivity contribution in [1.82, 2.24) is 5.32 Å². The van der Waals surface area contributed by atoms with E-state index in [1.165, 1.54) is 0 Å². The zero-order valence-electron chi connectivity index (χ0n) is 8.93. The third-order valence-electron chi connectivity index (χ3n) is 3.47. The molecule has 2 rings (SSSR count). The zero-order chi connectivity index (χ0) is 11.7. The molecule has 0 heterocycles. The van der Waals surface area contributed by atoms with Gasteiger partial charge < -0.3 is 10.4 Å². The molecule has 2 aliphatic rings. The lowest BCUT2D eigenvalue weighted by Gasteiger charge is -2.23. The molecule has 0 spiro atoms. The molecule has 0 unspecified atom stereocenters. The Morgan fingerprint density at radius 3 is 2.56 bits per heavy atom. The number of carboxylic acid groups (broad SMARTS) is 1. The van der Waals surface area contributed by atoms with E-state index >= 15 is 0 Å². The van der Waals surface area contributed by atoms with Gasteiger partial charge in [-0.3, -0.25) is 9.59 Å². The summed E-state index contributed by atoms with van der Waals surface area (Å²) in [5.74, 6) is -1.87. The number of amides is 1. The Morgan fingerprint density at radius 1 is 1.38 bits per heavy atom. The van der Waals surface area contributed by atoms with Crippen LogP contribution in [0.1, 0.15) is 6.42 Å². The Kier molecular flexibility index (Phi) is 2.81. The van der Waals surface area contributed by atoms with Crippen LogP contribution in [0, 0.1) is 23.7 Å². The van der Waals surface area contributed by atoms with Crippen molar-refractivity contribution < 1.29 is 14.7 Å². The van der Waals surface area contributed by atoms with Crippen molar-refractivity contribution in [2.75, 3.05) is 6.54 Å². The first-order chi connectivity index (χ1) is 7.65. The van der Waals surface area contributed by atoms with Gasteiger partial charge in [0.2, 0.25) is 5.91 Å². The Bertz CT molecular complexity index is 361. The highest BCUT2D eigenvalue weighted by Crippen LogP contribution is 2.48. The summed E-state index contributed by atoms with van der Waals surface area (Å²) in [6, 6.07) is 0. The van der Waals surface area contributed by atoms with Crippen LogP contribution in [0.3, 0.4) is 0 Å². The first kappa shape index (κ1) is 10.9. The van der Waals surface area contributed by atoms with E-state index in [-0.39, 0.29) is 17.7 Å². The molecule has 0 radical (unpaired) electrons. The number of carboxylic acids is 1. The topological polar surface area (TPSA) is 66.4 Å². The van der Waals surface area contributed by atoms with Gasteiger partial charge in [0.05, 0.1) is 11.8 Å².